The molecule has 1 aliphatic heterocycles. The van der Waals surface area contributed by atoms with Gasteiger partial charge < -0.3 is 10.6 Å². The predicted molar refractivity (Wildman–Crippen MR) is 77.6 cm³/mol. The highest BCUT2D eigenvalue weighted by Crippen LogP contribution is 2.24. The largest absolute Gasteiger partial charge is 0.330 e. The lowest BCUT2D eigenvalue weighted by Crippen LogP contribution is -2.43. The minimum Gasteiger partial charge on any atom is -0.330 e. The minimum absolute atomic E-state index is 0.609. The molecule has 0 bridgehead atoms. The topological polar surface area (TPSA) is 29.3 Å². The lowest BCUT2D eigenvalue weighted by atomic mass is 9.86. The molecule has 0 aliphatic carbocycles. The number of piperidine rings is 1. The zero-order chi connectivity index (χ0) is 13.0. The summed E-state index contributed by atoms with van der Waals surface area (Å²) in [5.74, 6) is 2.08. The Labute approximate surface area is 111 Å². The number of nitrogens with zero attached hydrogens (tertiary/aromatic N) is 1. The van der Waals surface area contributed by atoms with E-state index in [1.54, 1.807) is 0 Å². The van der Waals surface area contributed by atoms with Crippen LogP contribution in [0.3, 0.4) is 0 Å². The van der Waals surface area contributed by atoms with Crippen LogP contribution in [-0.2, 0) is 0 Å². The van der Waals surface area contributed by atoms with Gasteiger partial charge in [0, 0.05) is 13.1 Å². The third kappa shape index (κ3) is 3.33. The third-order valence-electron chi connectivity index (χ3n) is 4.40. The summed E-state index contributed by atoms with van der Waals surface area (Å²) >= 11 is 0. The quantitative estimate of drug-likeness (QED) is 0.885. The zero-order valence-corrected chi connectivity index (χ0v) is 11.7. The van der Waals surface area contributed by atoms with Gasteiger partial charge in [0.05, 0.1) is 0 Å². The average Bonchev–Trinajstić information content (AvgIpc) is 2.42. The van der Waals surface area contributed by atoms with E-state index in [2.05, 4.69) is 49.1 Å². The van der Waals surface area contributed by atoms with Crippen LogP contribution >= 0.6 is 0 Å². The Morgan fingerprint density at radius 2 is 2.06 bits per heavy atom. The van der Waals surface area contributed by atoms with E-state index in [4.69, 9.17) is 5.73 Å². The first-order valence-corrected chi connectivity index (χ1v) is 7.18. The Bertz CT molecular complexity index is 349. The maximum atomic E-state index is 5.87. The predicted octanol–water partition coefficient (Wildman–Crippen LogP) is 2.71. The number of hydrogen-bond acceptors (Lipinski definition) is 2. The highest BCUT2D eigenvalue weighted by atomic mass is 15.1. The molecule has 0 aromatic heterocycles. The summed E-state index contributed by atoms with van der Waals surface area (Å²) in [6.07, 6.45) is 1.30. The van der Waals surface area contributed by atoms with Crippen LogP contribution < -0.4 is 5.73 Å². The molecule has 1 aromatic carbocycles. The fraction of sp³-hybridized carbons (Fsp3) is 0.625. The molecule has 1 heterocycles. The van der Waals surface area contributed by atoms with Crippen molar-refractivity contribution in [3.05, 3.63) is 35.9 Å². The maximum Gasteiger partial charge on any atom is 0.00477 e. The van der Waals surface area contributed by atoms with E-state index in [1.165, 1.54) is 25.1 Å². The van der Waals surface area contributed by atoms with Crippen molar-refractivity contribution in [3.63, 3.8) is 0 Å². The average molecular weight is 246 g/mol. The summed E-state index contributed by atoms with van der Waals surface area (Å²) in [5, 5.41) is 0. The number of benzene rings is 1. The molecule has 0 amide bonds. The Morgan fingerprint density at radius 3 is 2.72 bits per heavy atom. The first-order chi connectivity index (χ1) is 8.70. The molecular formula is C16H26N2. The molecule has 1 aliphatic rings. The molecule has 2 nitrogen and oxygen atoms in total. The van der Waals surface area contributed by atoms with Crippen LogP contribution in [0.4, 0.5) is 0 Å². The van der Waals surface area contributed by atoms with Crippen LogP contribution in [0.15, 0.2) is 30.3 Å². The van der Waals surface area contributed by atoms with Crippen molar-refractivity contribution in [1.29, 1.82) is 0 Å². The van der Waals surface area contributed by atoms with Crippen molar-refractivity contribution in [2.24, 2.45) is 17.6 Å². The van der Waals surface area contributed by atoms with E-state index in [0.29, 0.717) is 11.8 Å². The molecule has 18 heavy (non-hydrogen) atoms. The lowest BCUT2D eigenvalue weighted by Gasteiger charge is -2.37. The van der Waals surface area contributed by atoms with E-state index in [-0.39, 0.29) is 0 Å². The first kappa shape index (κ1) is 13.6. The van der Waals surface area contributed by atoms with Crippen LogP contribution in [0.25, 0.3) is 0 Å². The molecule has 3 atom stereocenters. The molecule has 1 fully saturated rings. The lowest BCUT2D eigenvalue weighted by molar-refractivity contribution is 0.127. The van der Waals surface area contributed by atoms with Crippen molar-refractivity contribution in [2.45, 2.75) is 26.2 Å². The summed E-state index contributed by atoms with van der Waals surface area (Å²) in [6, 6.07) is 10.8. The van der Waals surface area contributed by atoms with Gasteiger partial charge in [-0.3, -0.25) is 0 Å². The van der Waals surface area contributed by atoms with Crippen LogP contribution in [0.1, 0.15) is 31.7 Å². The second kappa shape index (κ2) is 6.35. The summed E-state index contributed by atoms with van der Waals surface area (Å²) in [7, 11) is 0. The number of hydrogen-bond donors (Lipinski definition) is 1. The van der Waals surface area contributed by atoms with Crippen LogP contribution in [0.5, 0.6) is 0 Å². The van der Waals surface area contributed by atoms with Gasteiger partial charge in [0.15, 0.2) is 0 Å². The van der Waals surface area contributed by atoms with E-state index in [0.717, 1.165) is 19.0 Å². The van der Waals surface area contributed by atoms with Crippen molar-refractivity contribution in [2.75, 3.05) is 26.2 Å². The molecule has 3 unspecified atom stereocenters. The Morgan fingerprint density at radius 1 is 1.33 bits per heavy atom. The Balaban J connectivity index is 1.90. The van der Waals surface area contributed by atoms with Crippen molar-refractivity contribution in [1.82, 2.24) is 4.90 Å². The van der Waals surface area contributed by atoms with E-state index in [1.807, 2.05) is 0 Å². The summed E-state index contributed by atoms with van der Waals surface area (Å²) in [6.45, 7) is 9.06. The van der Waals surface area contributed by atoms with Crippen molar-refractivity contribution >= 4 is 0 Å². The van der Waals surface area contributed by atoms with Crippen LogP contribution in [0, 0.1) is 11.8 Å². The molecule has 0 spiro atoms. The molecule has 2 rings (SSSR count). The first-order valence-electron chi connectivity index (χ1n) is 7.18. The molecule has 2 N–H and O–H groups in total. The highest BCUT2D eigenvalue weighted by molar-refractivity contribution is 5.19. The van der Waals surface area contributed by atoms with Gasteiger partial charge in [-0.2, -0.15) is 0 Å². The maximum absolute atomic E-state index is 5.87. The molecule has 0 radical (unpaired) electrons. The number of rotatable bonds is 4. The summed E-state index contributed by atoms with van der Waals surface area (Å²) in [4.78, 5) is 2.59. The normalized spacial score (nSPS) is 27.1. The van der Waals surface area contributed by atoms with Crippen molar-refractivity contribution < 1.29 is 0 Å². The molecule has 100 valence electrons. The van der Waals surface area contributed by atoms with E-state index in [9.17, 15) is 0 Å². The van der Waals surface area contributed by atoms with Gasteiger partial charge >= 0.3 is 0 Å². The monoisotopic (exact) mass is 246 g/mol. The molecule has 2 heteroatoms. The van der Waals surface area contributed by atoms with Crippen LogP contribution in [-0.4, -0.2) is 31.1 Å². The van der Waals surface area contributed by atoms with Gasteiger partial charge in [-0.1, -0.05) is 44.2 Å². The smallest absolute Gasteiger partial charge is 0.00477 e. The SMILES string of the molecule is CC(CN1CCC(C)C(CN)C1)c1ccccc1. The third-order valence-corrected chi connectivity index (χ3v) is 4.40. The van der Waals surface area contributed by atoms with Gasteiger partial charge in [0.1, 0.15) is 0 Å². The Hall–Kier alpha value is -0.860. The molecule has 0 saturated carbocycles. The van der Waals surface area contributed by atoms with Crippen molar-refractivity contribution in [3.8, 4) is 0 Å². The number of nitrogens with two attached hydrogens (primary N) is 1. The summed E-state index contributed by atoms with van der Waals surface area (Å²) < 4.78 is 0. The van der Waals surface area contributed by atoms with Gasteiger partial charge in [0.2, 0.25) is 0 Å². The van der Waals surface area contributed by atoms with E-state index < -0.39 is 0 Å². The van der Waals surface area contributed by atoms with Gasteiger partial charge in [0.25, 0.3) is 0 Å². The minimum atomic E-state index is 0.609. The zero-order valence-electron chi connectivity index (χ0n) is 11.7. The fourth-order valence-corrected chi connectivity index (χ4v) is 2.97. The Kier molecular flexibility index (Phi) is 4.79. The standard InChI is InChI=1S/C16H26N2/c1-13-8-9-18(12-16(13)10-17)11-14(2)15-6-4-3-5-7-15/h3-7,13-14,16H,8-12,17H2,1-2H3. The van der Waals surface area contributed by atoms with Gasteiger partial charge in [-0.15, -0.1) is 0 Å². The van der Waals surface area contributed by atoms with E-state index >= 15 is 0 Å². The fourth-order valence-electron chi connectivity index (χ4n) is 2.97. The molecular weight excluding hydrogens is 220 g/mol. The summed E-state index contributed by atoms with van der Waals surface area (Å²) in [5.41, 5.74) is 7.32. The second-order valence-corrected chi connectivity index (χ2v) is 5.83. The van der Waals surface area contributed by atoms with Crippen LogP contribution in [0.2, 0.25) is 0 Å². The second-order valence-electron chi connectivity index (χ2n) is 5.83. The number of likely N-dealkylation sites (tertiary alicyclic amines) is 1. The highest BCUT2D eigenvalue weighted by Gasteiger charge is 2.25. The van der Waals surface area contributed by atoms with Gasteiger partial charge in [-0.25, -0.2) is 0 Å². The van der Waals surface area contributed by atoms with Gasteiger partial charge in [-0.05, 0) is 42.8 Å². The molecule has 1 aromatic rings. The molecule has 1 saturated heterocycles.